The molecule has 1 saturated carbocycles. The largest absolute Gasteiger partial charge is 0.465 e. The van der Waals surface area contributed by atoms with Crippen LogP contribution >= 0.6 is 0 Å². The van der Waals surface area contributed by atoms with Crippen molar-refractivity contribution in [2.75, 3.05) is 13.1 Å². The standard InChI is InChI=1S/C10H18N2O2/c1-10(4-5-10)12-6-2-3-8(7-12)11-9(13)14/h8,11H,2-7H2,1H3,(H,13,14)/t8-/m1/s1. The molecule has 0 spiro atoms. The summed E-state index contributed by atoms with van der Waals surface area (Å²) < 4.78 is 0. The zero-order chi connectivity index (χ0) is 10.2. The fourth-order valence-electron chi connectivity index (χ4n) is 2.26. The predicted molar refractivity (Wildman–Crippen MR) is 53.4 cm³/mol. The van der Waals surface area contributed by atoms with Crippen LogP contribution < -0.4 is 5.32 Å². The van der Waals surface area contributed by atoms with E-state index in [1.165, 1.54) is 12.8 Å². The molecule has 0 aromatic heterocycles. The third kappa shape index (κ3) is 2.00. The molecule has 2 aliphatic rings. The quantitative estimate of drug-likeness (QED) is 0.702. The van der Waals surface area contributed by atoms with Crippen LogP contribution in [-0.2, 0) is 0 Å². The van der Waals surface area contributed by atoms with Crippen LogP contribution in [0.15, 0.2) is 0 Å². The Kier molecular flexibility index (Phi) is 2.39. The minimum absolute atomic E-state index is 0.138. The molecule has 1 aliphatic heterocycles. The molecule has 1 aliphatic carbocycles. The average molecular weight is 198 g/mol. The first-order valence-corrected chi connectivity index (χ1v) is 5.35. The van der Waals surface area contributed by atoms with E-state index in [1.54, 1.807) is 0 Å². The lowest BCUT2D eigenvalue weighted by molar-refractivity contribution is 0.125. The first-order chi connectivity index (χ1) is 6.60. The lowest BCUT2D eigenvalue weighted by Gasteiger charge is -2.37. The number of rotatable bonds is 2. The number of hydrogen-bond acceptors (Lipinski definition) is 2. The highest BCUT2D eigenvalue weighted by Gasteiger charge is 2.44. The fraction of sp³-hybridized carbons (Fsp3) is 0.900. The van der Waals surface area contributed by atoms with Crippen LogP contribution in [0.25, 0.3) is 0 Å². The van der Waals surface area contributed by atoms with Crippen molar-refractivity contribution in [3.63, 3.8) is 0 Å². The average Bonchev–Trinajstić information content (AvgIpc) is 2.84. The third-order valence-electron chi connectivity index (χ3n) is 3.49. The molecule has 2 N–H and O–H groups in total. The highest BCUT2D eigenvalue weighted by atomic mass is 16.4. The van der Waals surface area contributed by atoms with Gasteiger partial charge < -0.3 is 10.4 Å². The first kappa shape index (κ1) is 9.77. The van der Waals surface area contributed by atoms with Crippen LogP contribution in [0.5, 0.6) is 0 Å². The number of nitrogens with zero attached hydrogens (tertiary/aromatic N) is 1. The van der Waals surface area contributed by atoms with Crippen LogP contribution in [-0.4, -0.2) is 40.8 Å². The molecule has 0 radical (unpaired) electrons. The lowest BCUT2D eigenvalue weighted by atomic mass is 10.0. The van der Waals surface area contributed by atoms with Gasteiger partial charge in [0.05, 0.1) is 0 Å². The predicted octanol–water partition coefficient (Wildman–Crippen LogP) is 1.27. The zero-order valence-electron chi connectivity index (χ0n) is 8.62. The van der Waals surface area contributed by atoms with Crippen molar-refractivity contribution in [2.24, 2.45) is 0 Å². The van der Waals surface area contributed by atoms with E-state index in [4.69, 9.17) is 5.11 Å². The van der Waals surface area contributed by atoms with Crippen LogP contribution in [0, 0.1) is 0 Å². The van der Waals surface area contributed by atoms with E-state index >= 15 is 0 Å². The summed E-state index contributed by atoms with van der Waals surface area (Å²) in [5, 5.41) is 11.2. The Morgan fingerprint density at radius 3 is 2.86 bits per heavy atom. The minimum Gasteiger partial charge on any atom is -0.465 e. The molecule has 1 saturated heterocycles. The van der Waals surface area contributed by atoms with Gasteiger partial charge in [-0.2, -0.15) is 0 Å². The van der Waals surface area contributed by atoms with Crippen molar-refractivity contribution in [2.45, 2.75) is 44.2 Å². The molecule has 80 valence electrons. The van der Waals surface area contributed by atoms with Gasteiger partial charge >= 0.3 is 6.09 Å². The SMILES string of the molecule is CC1(N2CCC[C@@H](NC(=O)O)C2)CC1. The Bertz CT molecular complexity index is 238. The summed E-state index contributed by atoms with van der Waals surface area (Å²) in [6, 6.07) is 0.138. The topological polar surface area (TPSA) is 52.6 Å². The normalized spacial score (nSPS) is 31.1. The molecule has 14 heavy (non-hydrogen) atoms. The first-order valence-electron chi connectivity index (χ1n) is 5.35. The van der Waals surface area contributed by atoms with Gasteiger partial charge in [0.2, 0.25) is 0 Å². The van der Waals surface area contributed by atoms with E-state index in [0.717, 1.165) is 25.9 Å². The second-order valence-electron chi connectivity index (χ2n) is 4.73. The summed E-state index contributed by atoms with van der Waals surface area (Å²) >= 11 is 0. The van der Waals surface area contributed by atoms with Gasteiger partial charge in [-0.25, -0.2) is 4.79 Å². The maximum absolute atomic E-state index is 10.5. The number of nitrogens with one attached hydrogen (secondary N) is 1. The summed E-state index contributed by atoms with van der Waals surface area (Å²) in [6.45, 7) is 4.30. The monoisotopic (exact) mass is 198 g/mol. The zero-order valence-corrected chi connectivity index (χ0v) is 8.62. The Balaban J connectivity index is 1.87. The Morgan fingerprint density at radius 1 is 1.57 bits per heavy atom. The lowest BCUT2D eigenvalue weighted by Crippen LogP contribution is -2.50. The molecular formula is C10H18N2O2. The Hall–Kier alpha value is -0.770. The second-order valence-corrected chi connectivity index (χ2v) is 4.73. The number of piperidine rings is 1. The molecule has 4 nitrogen and oxygen atoms in total. The van der Waals surface area contributed by atoms with Gasteiger partial charge in [-0.1, -0.05) is 0 Å². The molecule has 0 aromatic carbocycles. The van der Waals surface area contributed by atoms with E-state index in [0.29, 0.717) is 5.54 Å². The number of likely N-dealkylation sites (tertiary alicyclic amines) is 1. The van der Waals surface area contributed by atoms with Crippen molar-refractivity contribution in [3.8, 4) is 0 Å². The molecule has 1 amide bonds. The molecule has 0 aromatic rings. The highest BCUT2D eigenvalue weighted by molar-refractivity contribution is 5.64. The molecule has 1 heterocycles. The number of carbonyl (C=O) groups is 1. The van der Waals surface area contributed by atoms with Crippen molar-refractivity contribution < 1.29 is 9.90 Å². The Morgan fingerprint density at radius 2 is 2.29 bits per heavy atom. The van der Waals surface area contributed by atoms with Crippen molar-refractivity contribution >= 4 is 6.09 Å². The summed E-state index contributed by atoms with van der Waals surface area (Å²) in [5.41, 5.74) is 0.388. The molecule has 4 heteroatoms. The van der Waals surface area contributed by atoms with Gasteiger partial charge in [0.1, 0.15) is 0 Å². The molecular weight excluding hydrogens is 180 g/mol. The van der Waals surface area contributed by atoms with Gasteiger partial charge in [0.15, 0.2) is 0 Å². The van der Waals surface area contributed by atoms with Crippen molar-refractivity contribution in [1.82, 2.24) is 10.2 Å². The van der Waals surface area contributed by atoms with E-state index in [2.05, 4.69) is 17.1 Å². The summed E-state index contributed by atoms with van der Waals surface area (Å²) in [6.07, 6.45) is 3.75. The smallest absolute Gasteiger partial charge is 0.404 e. The molecule has 1 atom stereocenters. The number of hydrogen-bond donors (Lipinski definition) is 2. The van der Waals surface area contributed by atoms with E-state index in [-0.39, 0.29) is 6.04 Å². The molecule has 0 unspecified atom stereocenters. The van der Waals surface area contributed by atoms with Gasteiger partial charge in [0, 0.05) is 18.1 Å². The van der Waals surface area contributed by atoms with E-state index in [9.17, 15) is 4.79 Å². The fourth-order valence-corrected chi connectivity index (χ4v) is 2.26. The van der Waals surface area contributed by atoms with Gasteiger partial charge in [-0.05, 0) is 39.2 Å². The van der Waals surface area contributed by atoms with Crippen molar-refractivity contribution in [1.29, 1.82) is 0 Å². The van der Waals surface area contributed by atoms with Crippen LogP contribution in [0.4, 0.5) is 4.79 Å². The number of amides is 1. The van der Waals surface area contributed by atoms with Gasteiger partial charge in [0.25, 0.3) is 0 Å². The summed E-state index contributed by atoms with van der Waals surface area (Å²) in [4.78, 5) is 13.0. The van der Waals surface area contributed by atoms with Crippen LogP contribution in [0.3, 0.4) is 0 Å². The Labute approximate surface area is 84.3 Å². The molecule has 2 rings (SSSR count). The highest BCUT2D eigenvalue weighted by Crippen LogP contribution is 2.42. The minimum atomic E-state index is -0.891. The van der Waals surface area contributed by atoms with Crippen molar-refractivity contribution in [3.05, 3.63) is 0 Å². The molecule has 2 fully saturated rings. The van der Waals surface area contributed by atoms with Crippen LogP contribution in [0.2, 0.25) is 0 Å². The maximum atomic E-state index is 10.5. The number of carboxylic acid groups (broad SMARTS) is 1. The van der Waals surface area contributed by atoms with Gasteiger partial charge in [-0.3, -0.25) is 4.90 Å². The molecule has 0 bridgehead atoms. The van der Waals surface area contributed by atoms with E-state index < -0.39 is 6.09 Å². The van der Waals surface area contributed by atoms with E-state index in [1.807, 2.05) is 0 Å². The van der Waals surface area contributed by atoms with Crippen LogP contribution in [0.1, 0.15) is 32.6 Å². The summed E-state index contributed by atoms with van der Waals surface area (Å²) in [7, 11) is 0. The third-order valence-corrected chi connectivity index (χ3v) is 3.49. The van der Waals surface area contributed by atoms with Gasteiger partial charge in [-0.15, -0.1) is 0 Å². The maximum Gasteiger partial charge on any atom is 0.404 e. The summed E-state index contributed by atoms with van der Waals surface area (Å²) in [5.74, 6) is 0. The second kappa shape index (κ2) is 3.42.